The largest absolute Gasteiger partial charge is 0.462 e. The van der Waals surface area contributed by atoms with Gasteiger partial charge in [-0.15, -0.1) is 0 Å². The van der Waals surface area contributed by atoms with Crippen molar-refractivity contribution < 1.29 is 19.7 Å². The number of unbranched alkanes of at least 4 members (excludes halogenated alkanes) is 1. The minimum absolute atomic E-state index is 0.0743. The molecule has 2 atom stereocenters. The second-order valence-corrected chi connectivity index (χ2v) is 6.99. The van der Waals surface area contributed by atoms with Crippen LogP contribution in [0.3, 0.4) is 0 Å². The van der Waals surface area contributed by atoms with Crippen LogP contribution >= 0.6 is 0 Å². The van der Waals surface area contributed by atoms with Gasteiger partial charge < -0.3 is 14.9 Å². The van der Waals surface area contributed by atoms with Crippen molar-refractivity contribution in [1.29, 1.82) is 5.26 Å². The highest BCUT2D eigenvalue weighted by Gasteiger charge is 2.33. The molecule has 0 aliphatic heterocycles. The summed E-state index contributed by atoms with van der Waals surface area (Å²) < 4.78 is 4.95. The van der Waals surface area contributed by atoms with E-state index in [1.165, 1.54) is 0 Å². The van der Waals surface area contributed by atoms with E-state index in [0.29, 0.717) is 12.0 Å². The number of rotatable bonds is 8. The van der Waals surface area contributed by atoms with Gasteiger partial charge in [-0.05, 0) is 36.3 Å². The van der Waals surface area contributed by atoms with Gasteiger partial charge in [0.15, 0.2) is 5.92 Å². The first-order chi connectivity index (χ1) is 11.3. The average molecular weight is 336 g/mol. The Morgan fingerprint density at radius 1 is 1.50 bits per heavy atom. The molecule has 0 aromatic heterocycles. The zero-order valence-corrected chi connectivity index (χ0v) is 14.8. The van der Waals surface area contributed by atoms with Gasteiger partial charge in [-0.1, -0.05) is 27.2 Å². The summed E-state index contributed by atoms with van der Waals surface area (Å²) in [5, 5.41) is 27.4. The lowest BCUT2D eigenvalue weighted by Gasteiger charge is -2.31. The Morgan fingerprint density at radius 3 is 2.79 bits per heavy atom. The third-order valence-electron chi connectivity index (χ3n) is 3.89. The van der Waals surface area contributed by atoms with Gasteiger partial charge in [0, 0.05) is 12.3 Å². The van der Waals surface area contributed by atoms with E-state index in [4.69, 9.17) is 9.84 Å². The SMILES string of the molecule is CCCCN=C1C=C(C(C#N)C(=O)OCC(O)CO)CC(C)(C)C1. The molecule has 1 aliphatic rings. The Balaban J connectivity index is 2.90. The molecule has 0 radical (unpaired) electrons. The summed E-state index contributed by atoms with van der Waals surface area (Å²) in [7, 11) is 0. The maximum absolute atomic E-state index is 12.2. The van der Waals surface area contributed by atoms with E-state index in [1.807, 2.05) is 12.1 Å². The Bertz CT molecular complexity index is 532. The zero-order valence-electron chi connectivity index (χ0n) is 14.8. The number of aliphatic hydroxyl groups is 2. The van der Waals surface area contributed by atoms with Gasteiger partial charge in [0.05, 0.1) is 12.7 Å². The Hall–Kier alpha value is -1.71. The zero-order chi connectivity index (χ0) is 18.2. The summed E-state index contributed by atoms with van der Waals surface area (Å²) in [6.07, 6.45) is 4.23. The number of carbonyl (C=O) groups is 1. The molecule has 0 saturated carbocycles. The molecule has 2 N–H and O–H groups in total. The van der Waals surface area contributed by atoms with Crippen molar-refractivity contribution in [2.24, 2.45) is 16.3 Å². The molecule has 1 rings (SSSR count). The fraction of sp³-hybridized carbons (Fsp3) is 0.722. The molecule has 24 heavy (non-hydrogen) atoms. The predicted molar refractivity (Wildman–Crippen MR) is 91.5 cm³/mol. The molecule has 0 spiro atoms. The highest BCUT2D eigenvalue weighted by atomic mass is 16.5. The van der Waals surface area contributed by atoms with Gasteiger partial charge in [0.25, 0.3) is 0 Å². The molecular formula is C18H28N2O4. The standard InChI is InChI=1S/C18H28N2O4/c1-4-5-6-20-14-7-13(8-18(2,3)9-14)16(10-19)17(23)24-12-15(22)11-21/h7,15-16,21-22H,4-6,8-9,11-12H2,1-3H3. The van der Waals surface area contributed by atoms with Gasteiger partial charge in [0.2, 0.25) is 0 Å². The van der Waals surface area contributed by atoms with Gasteiger partial charge in [-0.2, -0.15) is 5.26 Å². The van der Waals surface area contributed by atoms with Crippen molar-refractivity contribution in [2.75, 3.05) is 19.8 Å². The topological polar surface area (TPSA) is 103 Å². The summed E-state index contributed by atoms with van der Waals surface area (Å²) in [4.78, 5) is 16.7. The molecule has 0 amide bonds. The third-order valence-corrected chi connectivity index (χ3v) is 3.89. The molecule has 0 fully saturated rings. The summed E-state index contributed by atoms with van der Waals surface area (Å²) in [6.45, 7) is 6.22. The highest BCUT2D eigenvalue weighted by molar-refractivity contribution is 5.98. The molecule has 0 bridgehead atoms. The van der Waals surface area contributed by atoms with E-state index in [1.54, 1.807) is 0 Å². The lowest BCUT2D eigenvalue weighted by atomic mass is 9.73. The summed E-state index contributed by atoms with van der Waals surface area (Å²) >= 11 is 0. The molecule has 0 aromatic rings. The number of hydrogen-bond acceptors (Lipinski definition) is 6. The normalized spacial score (nSPS) is 20.8. The van der Waals surface area contributed by atoms with Crippen LogP contribution in [0.15, 0.2) is 16.6 Å². The Labute approximate surface area is 143 Å². The first-order valence-electron chi connectivity index (χ1n) is 8.42. The first-order valence-corrected chi connectivity index (χ1v) is 8.42. The van der Waals surface area contributed by atoms with Crippen molar-refractivity contribution in [1.82, 2.24) is 0 Å². The van der Waals surface area contributed by atoms with Crippen molar-refractivity contribution in [3.63, 3.8) is 0 Å². The molecule has 2 unspecified atom stereocenters. The maximum atomic E-state index is 12.2. The summed E-state index contributed by atoms with van der Waals surface area (Å²) in [6, 6.07) is 2.00. The Morgan fingerprint density at radius 2 is 2.21 bits per heavy atom. The van der Waals surface area contributed by atoms with E-state index in [2.05, 4.69) is 25.8 Å². The van der Waals surface area contributed by atoms with Crippen molar-refractivity contribution in [2.45, 2.75) is 52.6 Å². The van der Waals surface area contributed by atoms with Gasteiger partial charge in [0.1, 0.15) is 12.7 Å². The minimum atomic E-state index is -1.13. The number of allylic oxidation sites excluding steroid dienone is 1. The summed E-state index contributed by atoms with van der Waals surface area (Å²) in [5.74, 6) is -1.70. The van der Waals surface area contributed by atoms with Crippen LogP contribution in [-0.4, -0.2) is 47.8 Å². The number of nitrogens with zero attached hydrogens (tertiary/aromatic N) is 2. The number of aliphatic imine (C=N–C) groups is 1. The van der Waals surface area contributed by atoms with Crippen LogP contribution in [-0.2, 0) is 9.53 Å². The second kappa shape index (κ2) is 9.55. The van der Waals surface area contributed by atoms with Crippen LogP contribution < -0.4 is 0 Å². The number of nitriles is 1. The van der Waals surface area contributed by atoms with Gasteiger partial charge in [-0.25, -0.2) is 0 Å². The van der Waals surface area contributed by atoms with Gasteiger partial charge >= 0.3 is 5.97 Å². The van der Waals surface area contributed by atoms with E-state index >= 15 is 0 Å². The monoisotopic (exact) mass is 336 g/mol. The number of ether oxygens (including phenoxy) is 1. The number of esters is 1. The van der Waals surface area contributed by atoms with Crippen molar-refractivity contribution in [3.8, 4) is 6.07 Å². The van der Waals surface area contributed by atoms with E-state index < -0.39 is 24.6 Å². The molecule has 1 aliphatic carbocycles. The van der Waals surface area contributed by atoms with Crippen LogP contribution in [0.4, 0.5) is 0 Å². The smallest absolute Gasteiger partial charge is 0.327 e. The lowest BCUT2D eigenvalue weighted by molar-refractivity contribution is -0.149. The number of carbonyl (C=O) groups excluding carboxylic acids is 1. The second-order valence-electron chi connectivity index (χ2n) is 6.99. The number of aliphatic hydroxyl groups excluding tert-OH is 2. The third kappa shape index (κ3) is 6.42. The molecule has 6 nitrogen and oxygen atoms in total. The van der Waals surface area contributed by atoms with Crippen LogP contribution in [0.1, 0.15) is 46.5 Å². The Kier molecular flexibility index (Phi) is 8.09. The molecular weight excluding hydrogens is 308 g/mol. The van der Waals surface area contributed by atoms with Crippen molar-refractivity contribution in [3.05, 3.63) is 11.6 Å². The van der Waals surface area contributed by atoms with Crippen LogP contribution in [0.5, 0.6) is 0 Å². The molecule has 134 valence electrons. The first kappa shape index (κ1) is 20.3. The molecule has 0 aromatic carbocycles. The molecule has 6 heteroatoms. The average Bonchev–Trinajstić information content (AvgIpc) is 2.52. The fourth-order valence-corrected chi connectivity index (χ4v) is 2.69. The summed E-state index contributed by atoms with van der Waals surface area (Å²) in [5.41, 5.74) is 1.54. The van der Waals surface area contributed by atoms with Crippen LogP contribution in [0.25, 0.3) is 0 Å². The van der Waals surface area contributed by atoms with E-state index in [0.717, 1.165) is 31.5 Å². The molecule has 0 saturated heterocycles. The lowest BCUT2D eigenvalue weighted by Crippen LogP contribution is -2.30. The van der Waals surface area contributed by atoms with Gasteiger partial charge in [-0.3, -0.25) is 9.79 Å². The van der Waals surface area contributed by atoms with Crippen LogP contribution in [0.2, 0.25) is 0 Å². The van der Waals surface area contributed by atoms with E-state index in [-0.39, 0.29) is 12.0 Å². The fourth-order valence-electron chi connectivity index (χ4n) is 2.69. The molecule has 0 heterocycles. The predicted octanol–water partition coefficient (Wildman–Crippen LogP) is 2.01. The maximum Gasteiger partial charge on any atom is 0.327 e. The van der Waals surface area contributed by atoms with E-state index in [9.17, 15) is 15.2 Å². The van der Waals surface area contributed by atoms with Crippen LogP contribution in [0, 0.1) is 22.7 Å². The van der Waals surface area contributed by atoms with Crippen molar-refractivity contribution >= 4 is 11.7 Å². The number of hydrogen-bond donors (Lipinski definition) is 2. The minimum Gasteiger partial charge on any atom is -0.462 e. The quantitative estimate of drug-likeness (QED) is 0.521. The highest BCUT2D eigenvalue weighted by Crippen LogP contribution is 2.37.